The second-order valence-corrected chi connectivity index (χ2v) is 5.17. The molecule has 0 aliphatic carbocycles. The summed E-state index contributed by atoms with van der Waals surface area (Å²) in [4.78, 5) is 0. The van der Waals surface area contributed by atoms with E-state index in [1.807, 2.05) is 6.07 Å². The first-order chi connectivity index (χ1) is 9.88. The van der Waals surface area contributed by atoms with Gasteiger partial charge in [-0.05, 0) is 23.6 Å². The van der Waals surface area contributed by atoms with Gasteiger partial charge in [0.2, 0.25) is 0 Å². The molecule has 0 bridgehead atoms. The van der Waals surface area contributed by atoms with Crippen LogP contribution in [-0.4, -0.2) is 19.3 Å². The number of benzene rings is 2. The number of aryl methyl sites for hydroxylation is 1. The van der Waals surface area contributed by atoms with Crippen LogP contribution in [0.2, 0.25) is 0 Å². The van der Waals surface area contributed by atoms with Crippen molar-refractivity contribution in [1.29, 1.82) is 0 Å². The summed E-state index contributed by atoms with van der Waals surface area (Å²) < 4.78 is 11.2. The SMILES string of the molecule is CCCc1cccc(OCC2CO2)c1-c1ccccc1. The van der Waals surface area contributed by atoms with Crippen LogP contribution >= 0.6 is 0 Å². The summed E-state index contributed by atoms with van der Waals surface area (Å²) in [5.41, 5.74) is 3.81. The minimum atomic E-state index is 0.286. The van der Waals surface area contributed by atoms with E-state index in [1.54, 1.807) is 0 Å². The number of epoxide rings is 1. The zero-order valence-electron chi connectivity index (χ0n) is 11.8. The molecule has 1 fully saturated rings. The Morgan fingerprint density at radius 1 is 1.10 bits per heavy atom. The quantitative estimate of drug-likeness (QED) is 0.736. The van der Waals surface area contributed by atoms with Gasteiger partial charge in [0.05, 0.1) is 6.61 Å². The summed E-state index contributed by atoms with van der Waals surface area (Å²) in [7, 11) is 0. The van der Waals surface area contributed by atoms with Crippen molar-refractivity contribution in [2.45, 2.75) is 25.9 Å². The van der Waals surface area contributed by atoms with Crippen LogP contribution in [0.15, 0.2) is 48.5 Å². The standard InChI is InChI=1S/C18H20O2/c1-2-7-14-10-6-11-17(20-13-16-12-19-16)18(14)15-8-4-3-5-9-15/h3-6,8-11,16H,2,7,12-13H2,1H3. The number of ether oxygens (including phenoxy) is 2. The molecular formula is C18H20O2. The molecule has 0 aromatic heterocycles. The monoisotopic (exact) mass is 268 g/mol. The molecule has 1 aliphatic rings. The molecule has 0 spiro atoms. The highest BCUT2D eigenvalue weighted by atomic mass is 16.6. The van der Waals surface area contributed by atoms with E-state index >= 15 is 0 Å². The third-order valence-electron chi connectivity index (χ3n) is 3.52. The zero-order chi connectivity index (χ0) is 13.8. The predicted octanol–water partition coefficient (Wildman–Crippen LogP) is 4.08. The van der Waals surface area contributed by atoms with Crippen molar-refractivity contribution >= 4 is 0 Å². The molecule has 1 heterocycles. The second kappa shape index (κ2) is 6.10. The van der Waals surface area contributed by atoms with Crippen molar-refractivity contribution in [2.24, 2.45) is 0 Å². The lowest BCUT2D eigenvalue weighted by Gasteiger charge is -2.15. The van der Waals surface area contributed by atoms with E-state index in [0.717, 1.165) is 25.2 Å². The van der Waals surface area contributed by atoms with Crippen molar-refractivity contribution in [3.05, 3.63) is 54.1 Å². The predicted molar refractivity (Wildman–Crippen MR) is 81.1 cm³/mol. The Labute approximate surface area is 120 Å². The molecule has 3 rings (SSSR count). The molecule has 0 radical (unpaired) electrons. The third-order valence-corrected chi connectivity index (χ3v) is 3.52. The van der Waals surface area contributed by atoms with Gasteiger partial charge in [0.1, 0.15) is 18.5 Å². The highest BCUT2D eigenvalue weighted by Crippen LogP contribution is 2.34. The van der Waals surface area contributed by atoms with E-state index in [1.165, 1.54) is 16.7 Å². The lowest BCUT2D eigenvalue weighted by atomic mass is 9.96. The first-order valence-electron chi connectivity index (χ1n) is 7.30. The van der Waals surface area contributed by atoms with E-state index in [9.17, 15) is 0 Å². The van der Waals surface area contributed by atoms with Crippen LogP contribution in [0.25, 0.3) is 11.1 Å². The molecule has 2 heteroatoms. The molecule has 0 amide bonds. The fourth-order valence-corrected chi connectivity index (χ4v) is 2.45. The number of hydrogen-bond acceptors (Lipinski definition) is 2. The fraction of sp³-hybridized carbons (Fsp3) is 0.333. The van der Waals surface area contributed by atoms with Crippen LogP contribution < -0.4 is 4.74 Å². The third kappa shape index (κ3) is 3.02. The van der Waals surface area contributed by atoms with E-state index in [4.69, 9.17) is 9.47 Å². The van der Waals surface area contributed by atoms with Gasteiger partial charge in [-0.15, -0.1) is 0 Å². The van der Waals surface area contributed by atoms with Gasteiger partial charge in [0.15, 0.2) is 0 Å². The van der Waals surface area contributed by atoms with E-state index in [0.29, 0.717) is 6.61 Å². The second-order valence-electron chi connectivity index (χ2n) is 5.17. The summed E-state index contributed by atoms with van der Waals surface area (Å²) in [5.74, 6) is 0.970. The van der Waals surface area contributed by atoms with E-state index < -0.39 is 0 Å². The average Bonchev–Trinajstić information content (AvgIpc) is 3.31. The van der Waals surface area contributed by atoms with Gasteiger partial charge in [0, 0.05) is 5.56 Å². The first kappa shape index (κ1) is 13.2. The summed E-state index contributed by atoms with van der Waals surface area (Å²) >= 11 is 0. The largest absolute Gasteiger partial charge is 0.490 e. The molecule has 0 saturated carbocycles. The van der Waals surface area contributed by atoms with Crippen LogP contribution in [0.1, 0.15) is 18.9 Å². The van der Waals surface area contributed by atoms with Crippen molar-refractivity contribution < 1.29 is 9.47 Å². The number of hydrogen-bond donors (Lipinski definition) is 0. The Hall–Kier alpha value is -1.80. The topological polar surface area (TPSA) is 21.8 Å². The highest BCUT2D eigenvalue weighted by molar-refractivity contribution is 5.74. The first-order valence-corrected chi connectivity index (χ1v) is 7.30. The van der Waals surface area contributed by atoms with Gasteiger partial charge < -0.3 is 9.47 Å². The normalized spacial score (nSPS) is 16.9. The Morgan fingerprint density at radius 3 is 2.60 bits per heavy atom. The van der Waals surface area contributed by atoms with Crippen molar-refractivity contribution in [2.75, 3.05) is 13.2 Å². The Kier molecular flexibility index (Phi) is 4.03. The molecule has 1 atom stereocenters. The minimum absolute atomic E-state index is 0.286. The zero-order valence-corrected chi connectivity index (χ0v) is 11.8. The summed E-state index contributed by atoms with van der Waals surface area (Å²) in [6.45, 7) is 3.69. The molecule has 20 heavy (non-hydrogen) atoms. The lowest BCUT2D eigenvalue weighted by molar-refractivity contribution is 0.263. The van der Waals surface area contributed by atoms with Gasteiger partial charge in [-0.2, -0.15) is 0 Å². The molecule has 2 aromatic rings. The molecule has 2 aromatic carbocycles. The van der Waals surface area contributed by atoms with Crippen molar-refractivity contribution in [1.82, 2.24) is 0 Å². The van der Waals surface area contributed by atoms with Gasteiger partial charge in [-0.25, -0.2) is 0 Å². The van der Waals surface area contributed by atoms with Crippen LogP contribution in [-0.2, 0) is 11.2 Å². The van der Waals surface area contributed by atoms with Gasteiger partial charge in [-0.1, -0.05) is 55.8 Å². The highest BCUT2D eigenvalue weighted by Gasteiger charge is 2.24. The van der Waals surface area contributed by atoms with E-state index in [-0.39, 0.29) is 6.10 Å². The smallest absolute Gasteiger partial charge is 0.127 e. The molecule has 0 N–H and O–H groups in total. The van der Waals surface area contributed by atoms with Crippen LogP contribution in [0, 0.1) is 0 Å². The molecular weight excluding hydrogens is 248 g/mol. The van der Waals surface area contributed by atoms with Crippen LogP contribution in [0.3, 0.4) is 0 Å². The van der Waals surface area contributed by atoms with Crippen molar-refractivity contribution in [3.63, 3.8) is 0 Å². The van der Waals surface area contributed by atoms with E-state index in [2.05, 4.69) is 49.4 Å². The molecule has 1 aliphatic heterocycles. The molecule has 104 valence electrons. The Balaban J connectivity index is 1.96. The summed E-state index contributed by atoms with van der Waals surface area (Å²) in [6, 6.07) is 16.8. The molecule has 1 unspecified atom stereocenters. The van der Waals surface area contributed by atoms with Gasteiger partial charge in [0.25, 0.3) is 0 Å². The van der Waals surface area contributed by atoms with Gasteiger partial charge >= 0.3 is 0 Å². The Bertz CT molecular complexity index is 559. The van der Waals surface area contributed by atoms with Crippen LogP contribution in [0.4, 0.5) is 0 Å². The Morgan fingerprint density at radius 2 is 1.90 bits per heavy atom. The van der Waals surface area contributed by atoms with Crippen LogP contribution in [0.5, 0.6) is 5.75 Å². The fourth-order valence-electron chi connectivity index (χ4n) is 2.45. The number of rotatable bonds is 6. The maximum Gasteiger partial charge on any atom is 0.127 e. The molecule has 1 saturated heterocycles. The summed E-state index contributed by atoms with van der Waals surface area (Å²) in [6.07, 6.45) is 2.49. The summed E-state index contributed by atoms with van der Waals surface area (Å²) in [5, 5.41) is 0. The maximum absolute atomic E-state index is 5.98. The minimum Gasteiger partial charge on any atom is -0.490 e. The average molecular weight is 268 g/mol. The van der Waals surface area contributed by atoms with Gasteiger partial charge in [-0.3, -0.25) is 0 Å². The van der Waals surface area contributed by atoms with Crippen molar-refractivity contribution in [3.8, 4) is 16.9 Å². The maximum atomic E-state index is 5.98. The molecule has 2 nitrogen and oxygen atoms in total. The lowest BCUT2D eigenvalue weighted by Crippen LogP contribution is -2.06.